The number of pyridine rings is 3. The highest BCUT2D eigenvalue weighted by molar-refractivity contribution is 5.93. The number of hydrogen-bond donors (Lipinski definition) is 3. The number of rotatable bonds is 6. The van der Waals surface area contributed by atoms with Crippen molar-refractivity contribution in [2.24, 2.45) is 5.92 Å². The van der Waals surface area contributed by atoms with Crippen molar-refractivity contribution in [1.82, 2.24) is 30.2 Å². The fourth-order valence-corrected chi connectivity index (χ4v) is 5.29. The molecular weight excluding hydrogens is 474 g/mol. The lowest BCUT2D eigenvalue weighted by Gasteiger charge is -2.32. The Morgan fingerprint density at radius 2 is 1.95 bits per heavy atom. The van der Waals surface area contributed by atoms with E-state index in [9.17, 15) is 5.26 Å². The Morgan fingerprint density at radius 1 is 1.05 bits per heavy atom. The maximum atomic E-state index is 9.19. The Balaban J connectivity index is 1.39. The second-order valence-corrected chi connectivity index (χ2v) is 10.4. The third kappa shape index (κ3) is 4.75. The number of piperidine rings is 1. The van der Waals surface area contributed by atoms with Gasteiger partial charge in [0.25, 0.3) is 0 Å². The fourth-order valence-electron chi connectivity index (χ4n) is 5.29. The summed E-state index contributed by atoms with van der Waals surface area (Å²) < 4.78 is 0. The summed E-state index contributed by atoms with van der Waals surface area (Å²) in [5.74, 6) is 3.79. The van der Waals surface area contributed by atoms with Crippen LogP contribution < -0.4 is 16.0 Å². The molecule has 3 N–H and O–H groups in total. The van der Waals surface area contributed by atoms with Gasteiger partial charge in [0, 0.05) is 29.4 Å². The van der Waals surface area contributed by atoms with Crippen LogP contribution in [0.3, 0.4) is 0 Å². The Bertz CT molecular complexity index is 1520. The van der Waals surface area contributed by atoms with Crippen LogP contribution in [0.5, 0.6) is 0 Å². The first-order valence-electron chi connectivity index (χ1n) is 13.3. The number of nitriles is 1. The molecule has 4 aromatic heterocycles. The molecule has 0 amide bonds. The molecule has 1 saturated carbocycles. The molecule has 1 aliphatic carbocycles. The quantitative estimate of drug-likeness (QED) is 0.329. The van der Waals surface area contributed by atoms with Crippen LogP contribution in [0, 0.1) is 24.2 Å². The van der Waals surface area contributed by atoms with Crippen LogP contribution in [0.2, 0.25) is 0 Å². The largest absolute Gasteiger partial charge is 0.366 e. The molecule has 6 rings (SSSR count). The van der Waals surface area contributed by atoms with Crippen molar-refractivity contribution in [1.29, 1.82) is 5.26 Å². The number of aryl methyl sites for hydroxylation is 1. The third-order valence-corrected chi connectivity index (χ3v) is 7.77. The molecule has 9 heteroatoms. The summed E-state index contributed by atoms with van der Waals surface area (Å²) >= 11 is 0. The molecule has 0 spiro atoms. The monoisotopic (exact) mass is 505 g/mol. The Kier molecular flexibility index (Phi) is 6.56. The predicted molar refractivity (Wildman–Crippen MR) is 148 cm³/mol. The van der Waals surface area contributed by atoms with E-state index in [-0.39, 0.29) is 0 Å². The van der Waals surface area contributed by atoms with Crippen molar-refractivity contribution >= 4 is 28.4 Å². The van der Waals surface area contributed by atoms with Gasteiger partial charge in [0.2, 0.25) is 0 Å². The predicted octanol–water partition coefficient (Wildman–Crippen LogP) is 5.08. The van der Waals surface area contributed by atoms with Crippen LogP contribution in [0.25, 0.3) is 22.3 Å². The molecule has 0 bridgehead atoms. The molecule has 5 heterocycles. The van der Waals surface area contributed by atoms with Gasteiger partial charge in [-0.25, -0.2) is 19.9 Å². The van der Waals surface area contributed by atoms with Gasteiger partial charge in [-0.3, -0.25) is 4.98 Å². The van der Waals surface area contributed by atoms with Gasteiger partial charge in [-0.05, 0) is 80.9 Å². The standard InChI is InChI=1S/C29H31N9/c1-17-14-31-10-9-23(17)35-29-27-22(19-4-3-5-19)15-32-16-24(27)36-28(38-29)20-8-11-33-26(12-20)37-25-7-6-21(13-30)18(2)34-25/h6-8,11-12,15-17,19,23,31H,3-5,9-10,14H2,1-2H3,(H,33,34,37)(H,35,36,38)/t17-,23-/m1/s1. The molecule has 9 nitrogen and oxygen atoms in total. The molecule has 1 saturated heterocycles. The molecular formula is C29H31N9. The second-order valence-electron chi connectivity index (χ2n) is 10.4. The molecule has 0 aromatic carbocycles. The van der Waals surface area contributed by atoms with E-state index in [0.29, 0.717) is 46.6 Å². The average Bonchev–Trinajstić information content (AvgIpc) is 2.89. The van der Waals surface area contributed by atoms with Crippen LogP contribution in [-0.4, -0.2) is 44.1 Å². The Morgan fingerprint density at radius 3 is 2.71 bits per heavy atom. The van der Waals surface area contributed by atoms with E-state index in [4.69, 9.17) is 9.97 Å². The minimum Gasteiger partial charge on any atom is -0.366 e. The normalized spacial score (nSPS) is 19.5. The summed E-state index contributed by atoms with van der Waals surface area (Å²) in [4.78, 5) is 23.6. The van der Waals surface area contributed by atoms with E-state index in [1.165, 1.54) is 24.8 Å². The lowest BCUT2D eigenvalue weighted by Crippen LogP contribution is -2.42. The number of fused-ring (bicyclic) bond motifs is 1. The molecule has 1 aliphatic heterocycles. The molecule has 0 unspecified atom stereocenters. The van der Waals surface area contributed by atoms with Crippen molar-refractivity contribution in [2.45, 2.75) is 51.5 Å². The van der Waals surface area contributed by atoms with Gasteiger partial charge in [-0.1, -0.05) is 13.3 Å². The van der Waals surface area contributed by atoms with Gasteiger partial charge in [0.05, 0.1) is 23.0 Å². The van der Waals surface area contributed by atoms with Crippen molar-refractivity contribution in [3.63, 3.8) is 0 Å². The van der Waals surface area contributed by atoms with Gasteiger partial charge in [-0.15, -0.1) is 0 Å². The molecule has 38 heavy (non-hydrogen) atoms. The van der Waals surface area contributed by atoms with Crippen LogP contribution >= 0.6 is 0 Å². The Hall–Kier alpha value is -4.16. The van der Waals surface area contributed by atoms with Gasteiger partial charge in [0.1, 0.15) is 23.5 Å². The molecule has 192 valence electrons. The minimum atomic E-state index is 0.338. The van der Waals surface area contributed by atoms with Gasteiger partial charge >= 0.3 is 0 Å². The van der Waals surface area contributed by atoms with Crippen molar-refractivity contribution in [2.75, 3.05) is 23.7 Å². The van der Waals surface area contributed by atoms with Crippen LogP contribution in [0.1, 0.15) is 55.3 Å². The molecule has 4 aromatic rings. The molecule has 2 atom stereocenters. The number of nitrogens with one attached hydrogen (secondary N) is 3. The summed E-state index contributed by atoms with van der Waals surface area (Å²) in [7, 11) is 0. The van der Waals surface area contributed by atoms with Crippen LogP contribution in [0.15, 0.2) is 42.9 Å². The first kappa shape index (κ1) is 24.2. The summed E-state index contributed by atoms with van der Waals surface area (Å²) in [6.07, 6.45) is 10.3. The van der Waals surface area contributed by atoms with Crippen LogP contribution in [0.4, 0.5) is 17.5 Å². The average molecular weight is 506 g/mol. The van der Waals surface area contributed by atoms with Gasteiger partial charge in [0.15, 0.2) is 5.82 Å². The van der Waals surface area contributed by atoms with Crippen molar-refractivity contribution in [3.05, 3.63) is 59.7 Å². The minimum absolute atomic E-state index is 0.338. The molecule has 2 aliphatic rings. The lowest BCUT2D eigenvalue weighted by molar-refractivity contribution is 0.368. The smallest absolute Gasteiger partial charge is 0.162 e. The van der Waals surface area contributed by atoms with Crippen molar-refractivity contribution < 1.29 is 0 Å². The highest BCUT2D eigenvalue weighted by Gasteiger charge is 2.27. The van der Waals surface area contributed by atoms with E-state index in [1.807, 2.05) is 31.5 Å². The first-order chi connectivity index (χ1) is 18.6. The second kappa shape index (κ2) is 10.3. The van der Waals surface area contributed by atoms with Crippen LogP contribution in [-0.2, 0) is 0 Å². The molecule has 0 radical (unpaired) electrons. The maximum absolute atomic E-state index is 9.19. The van der Waals surface area contributed by atoms with E-state index in [0.717, 1.165) is 41.8 Å². The zero-order valence-corrected chi connectivity index (χ0v) is 21.7. The summed E-state index contributed by atoms with van der Waals surface area (Å²) in [6.45, 7) is 6.09. The maximum Gasteiger partial charge on any atom is 0.162 e. The van der Waals surface area contributed by atoms with E-state index in [2.05, 4.69) is 43.9 Å². The van der Waals surface area contributed by atoms with Gasteiger partial charge < -0.3 is 16.0 Å². The number of hydrogen-bond acceptors (Lipinski definition) is 9. The summed E-state index contributed by atoms with van der Waals surface area (Å²) in [5.41, 5.74) is 4.19. The Labute approximate surface area is 222 Å². The highest BCUT2D eigenvalue weighted by Crippen LogP contribution is 2.41. The zero-order chi connectivity index (χ0) is 26.1. The SMILES string of the molecule is Cc1nc(Nc2cc(-c3nc(N[C@@H]4CCNC[C@H]4C)c4c(C5CCC5)cncc4n3)ccn2)ccc1C#N. The third-order valence-electron chi connectivity index (χ3n) is 7.77. The van der Waals surface area contributed by atoms with Crippen molar-refractivity contribution in [3.8, 4) is 17.5 Å². The topological polar surface area (TPSA) is 124 Å². The number of anilines is 3. The number of nitrogens with zero attached hydrogens (tertiary/aromatic N) is 6. The zero-order valence-electron chi connectivity index (χ0n) is 21.7. The van der Waals surface area contributed by atoms with E-state index in [1.54, 1.807) is 18.3 Å². The summed E-state index contributed by atoms with van der Waals surface area (Å²) in [5, 5.41) is 20.8. The van der Waals surface area contributed by atoms with Gasteiger partial charge in [-0.2, -0.15) is 5.26 Å². The highest BCUT2D eigenvalue weighted by atomic mass is 15.1. The first-order valence-corrected chi connectivity index (χ1v) is 13.3. The lowest BCUT2D eigenvalue weighted by atomic mass is 9.79. The molecule has 2 fully saturated rings. The van der Waals surface area contributed by atoms with E-state index >= 15 is 0 Å². The fraction of sp³-hybridized carbons (Fsp3) is 0.379. The number of aromatic nitrogens is 5. The van der Waals surface area contributed by atoms with E-state index < -0.39 is 0 Å². The summed E-state index contributed by atoms with van der Waals surface area (Å²) in [6, 6.07) is 9.87.